The van der Waals surface area contributed by atoms with Gasteiger partial charge in [0, 0.05) is 43.7 Å². The second kappa shape index (κ2) is 9.31. The number of furan rings is 1. The summed E-state index contributed by atoms with van der Waals surface area (Å²) >= 11 is 0. The Hall–Kier alpha value is -2.54. The number of hydrogen-bond donors (Lipinski definition) is 0. The molecule has 2 aromatic rings. The molecule has 1 saturated heterocycles. The fraction of sp³-hybridized carbons (Fsp3) is 0.545. The average molecular weight is 402 g/mol. The molecule has 0 unspecified atom stereocenters. The molecule has 1 aromatic heterocycles. The SMILES string of the molecule is CC(C)COC(=O)N1CCCN(C(=O)c2oc3ccccc3c2CN(C)C)CC1. The second-order valence-electron chi connectivity index (χ2n) is 8.25. The van der Waals surface area contributed by atoms with Crippen LogP contribution in [0.2, 0.25) is 0 Å². The first-order valence-corrected chi connectivity index (χ1v) is 10.2. The van der Waals surface area contributed by atoms with E-state index in [1.165, 1.54) is 0 Å². The summed E-state index contributed by atoms with van der Waals surface area (Å²) in [6.45, 7) is 7.16. The summed E-state index contributed by atoms with van der Waals surface area (Å²) in [5.74, 6) is 0.582. The molecule has 2 amide bonds. The number of rotatable bonds is 5. The average Bonchev–Trinajstić information content (AvgIpc) is 2.87. The highest BCUT2D eigenvalue weighted by atomic mass is 16.6. The van der Waals surface area contributed by atoms with Crippen molar-refractivity contribution in [1.29, 1.82) is 0 Å². The first-order chi connectivity index (χ1) is 13.9. The van der Waals surface area contributed by atoms with Gasteiger partial charge in [-0.05, 0) is 32.5 Å². The Morgan fingerprint density at radius 3 is 2.52 bits per heavy atom. The van der Waals surface area contributed by atoms with Crippen LogP contribution < -0.4 is 0 Å². The van der Waals surface area contributed by atoms with E-state index in [1.54, 1.807) is 9.80 Å². The number of benzene rings is 1. The molecule has 0 saturated carbocycles. The molecule has 0 radical (unpaired) electrons. The van der Waals surface area contributed by atoms with Crippen LogP contribution >= 0.6 is 0 Å². The number of amides is 2. The van der Waals surface area contributed by atoms with E-state index >= 15 is 0 Å². The lowest BCUT2D eigenvalue weighted by Gasteiger charge is -2.22. The van der Waals surface area contributed by atoms with Crippen molar-refractivity contribution in [3.8, 4) is 0 Å². The lowest BCUT2D eigenvalue weighted by atomic mass is 10.1. The van der Waals surface area contributed by atoms with E-state index in [9.17, 15) is 9.59 Å². The van der Waals surface area contributed by atoms with Gasteiger partial charge in [-0.1, -0.05) is 32.0 Å². The molecular formula is C22H31N3O4. The Labute approximate surface area is 172 Å². The number of para-hydroxylation sites is 1. The smallest absolute Gasteiger partial charge is 0.409 e. The molecule has 1 fully saturated rings. The summed E-state index contributed by atoms with van der Waals surface area (Å²) in [4.78, 5) is 31.1. The second-order valence-corrected chi connectivity index (χ2v) is 8.25. The van der Waals surface area contributed by atoms with Crippen molar-refractivity contribution in [1.82, 2.24) is 14.7 Å². The number of nitrogens with zero attached hydrogens (tertiary/aromatic N) is 3. The van der Waals surface area contributed by atoms with Gasteiger partial charge < -0.3 is 23.9 Å². The Bertz CT molecular complexity index is 859. The molecule has 3 rings (SSSR count). The maximum atomic E-state index is 13.3. The number of ether oxygens (including phenoxy) is 1. The van der Waals surface area contributed by atoms with Gasteiger partial charge in [0.2, 0.25) is 0 Å². The van der Waals surface area contributed by atoms with Crippen molar-refractivity contribution < 1.29 is 18.7 Å². The van der Waals surface area contributed by atoms with E-state index in [0.717, 1.165) is 16.5 Å². The fourth-order valence-corrected chi connectivity index (χ4v) is 3.52. The van der Waals surface area contributed by atoms with Crippen LogP contribution in [0.3, 0.4) is 0 Å². The van der Waals surface area contributed by atoms with Gasteiger partial charge >= 0.3 is 6.09 Å². The fourth-order valence-electron chi connectivity index (χ4n) is 3.52. The van der Waals surface area contributed by atoms with Crippen molar-refractivity contribution in [3.63, 3.8) is 0 Å². The molecule has 7 heteroatoms. The Balaban J connectivity index is 1.75. The van der Waals surface area contributed by atoms with Gasteiger partial charge in [0.15, 0.2) is 5.76 Å². The Morgan fingerprint density at radius 1 is 1.10 bits per heavy atom. The lowest BCUT2D eigenvalue weighted by molar-refractivity contribution is 0.0717. The molecule has 0 spiro atoms. The van der Waals surface area contributed by atoms with Gasteiger partial charge in [0.05, 0.1) is 6.61 Å². The molecule has 0 bridgehead atoms. The summed E-state index contributed by atoms with van der Waals surface area (Å²) in [5, 5.41) is 0.971. The molecule has 7 nitrogen and oxygen atoms in total. The first kappa shape index (κ1) is 21.2. The van der Waals surface area contributed by atoms with Gasteiger partial charge in [-0.15, -0.1) is 0 Å². The van der Waals surface area contributed by atoms with Crippen LogP contribution in [0.1, 0.15) is 36.4 Å². The molecule has 2 heterocycles. The maximum absolute atomic E-state index is 13.3. The third-order valence-corrected chi connectivity index (χ3v) is 4.95. The molecule has 29 heavy (non-hydrogen) atoms. The van der Waals surface area contributed by atoms with Crippen molar-refractivity contribution in [2.75, 3.05) is 46.9 Å². The molecule has 0 aliphatic carbocycles. The van der Waals surface area contributed by atoms with Gasteiger partial charge in [-0.3, -0.25) is 4.79 Å². The summed E-state index contributed by atoms with van der Waals surface area (Å²) < 4.78 is 11.3. The van der Waals surface area contributed by atoms with Crippen molar-refractivity contribution in [2.45, 2.75) is 26.8 Å². The highest BCUT2D eigenvalue weighted by Gasteiger charge is 2.28. The highest BCUT2D eigenvalue weighted by Crippen LogP contribution is 2.28. The van der Waals surface area contributed by atoms with Gasteiger partial charge in [-0.25, -0.2) is 4.79 Å². The maximum Gasteiger partial charge on any atom is 0.409 e. The predicted octanol–water partition coefficient (Wildman–Crippen LogP) is 3.43. The minimum Gasteiger partial charge on any atom is -0.451 e. The zero-order valence-electron chi connectivity index (χ0n) is 17.8. The largest absolute Gasteiger partial charge is 0.451 e. The molecule has 1 aliphatic rings. The Kier molecular flexibility index (Phi) is 6.79. The standard InChI is InChI=1S/C22H31N3O4/c1-16(2)15-28-22(27)25-11-7-10-24(12-13-25)21(26)20-18(14-23(3)4)17-8-5-6-9-19(17)29-20/h5-6,8-9,16H,7,10-15H2,1-4H3. The van der Waals surface area contributed by atoms with Crippen LogP contribution in [0, 0.1) is 5.92 Å². The van der Waals surface area contributed by atoms with Crippen molar-refractivity contribution >= 4 is 23.0 Å². The third-order valence-electron chi connectivity index (χ3n) is 4.95. The van der Waals surface area contributed by atoms with Gasteiger partial charge in [-0.2, -0.15) is 0 Å². The lowest BCUT2D eigenvalue weighted by Crippen LogP contribution is -2.38. The number of carbonyl (C=O) groups excluding carboxylic acids is 2. The van der Waals surface area contributed by atoms with Crippen molar-refractivity contribution in [2.24, 2.45) is 5.92 Å². The normalized spacial score (nSPS) is 15.2. The van der Waals surface area contributed by atoms with E-state index in [1.807, 2.05) is 57.1 Å². The number of hydrogen-bond acceptors (Lipinski definition) is 5. The van der Waals surface area contributed by atoms with Crippen LogP contribution in [0.25, 0.3) is 11.0 Å². The molecule has 1 aromatic carbocycles. The zero-order valence-corrected chi connectivity index (χ0v) is 17.8. The summed E-state index contributed by atoms with van der Waals surface area (Å²) in [6.07, 6.45) is 0.413. The van der Waals surface area contributed by atoms with Crippen LogP contribution in [0.15, 0.2) is 28.7 Å². The minimum atomic E-state index is -0.301. The molecule has 0 atom stereocenters. The third kappa shape index (κ3) is 5.09. The van der Waals surface area contributed by atoms with E-state index in [-0.39, 0.29) is 12.0 Å². The quantitative estimate of drug-likeness (QED) is 0.768. The summed E-state index contributed by atoms with van der Waals surface area (Å²) in [6, 6.07) is 7.74. The molecule has 158 valence electrons. The van der Waals surface area contributed by atoms with Crippen LogP contribution in [0.4, 0.5) is 4.79 Å². The zero-order chi connectivity index (χ0) is 21.0. The van der Waals surface area contributed by atoms with E-state index in [4.69, 9.17) is 9.15 Å². The monoisotopic (exact) mass is 401 g/mol. The van der Waals surface area contributed by atoms with Crippen molar-refractivity contribution in [3.05, 3.63) is 35.6 Å². The van der Waals surface area contributed by atoms with E-state index in [2.05, 4.69) is 0 Å². The van der Waals surface area contributed by atoms with Crippen LogP contribution in [-0.4, -0.2) is 73.6 Å². The van der Waals surface area contributed by atoms with Crippen LogP contribution in [0.5, 0.6) is 0 Å². The number of carbonyl (C=O) groups is 2. The van der Waals surface area contributed by atoms with Crippen LogP contribution in [-0.2, 0) is 11.3 Å². The highest BCUT2D eigenvalue weighted by molar-refractivity contribution is 5.99. The topological polar surface area (TPSA) is 66.2 Å². The molecule has 0 N–H and O–H groups in total. The van der Waals surface area contributed by atoms with Gasteiger partial charge in [0.1, 0.15) is 5.58 Å². The summed E-state index contributed by atoms with van der Waals surface area (Å²) in [7, 11) is 3.95. The van der Waals surface area contributed by atoms with E-state index in [0.29, 0.717) is 57.4 Å². The number of fused-ring (bicyclic) bond motifs is 1. The van der Waals surface area contributed by atoms with E-state index < -0.39 is 0 Å². The minimum absolute atomic E-state index is 0.115. The van der Waals surface area contributed by atoms with Gasteiger partial charge in [0.25, 0.3) is 5.91 Å². The molecular weight excluding hydrogens is 370 g/mol. The summed E-state index contributed by atoms with van der Waals surface area (Å²) in [5.41, 5.74) is 1.63. The molecule has 1 aliphatic heterocycles. The predicted molar refractivity (Wildman–Crippen MR) is 112 cm³/mol. The first-order valence-electron chi connectivity index (χ1n) is 10.2. The Morgan fingerprint density at radius 2 is 1.79 bits per heavy atom.